The van der Waals surface area contributed by atoms with Crippen LogP contribution in [0.1, 0.15) is 39.0 Å². The van der Waals surface area contributed by atoms with Crippen LogP contribution in [0, 0.1) is 0 Å². The van der Waals surface area contributed by atoms with Gasteiger partial charge in [0.2, 0.25) is 0 Å². The quantitative estimate of drug-likeness (QED) is 0.748. The van der Waals surface area contributed by atoms with E-state index in [1.165, 1.54) is 0 Å². The van der Waals surface area contributed by atoms with Gasteiger partial charge in [0, 0.05) is 13.6 Å². The first-order chi connectivity index (χ1) is 7.52. The molecule has 0 aromatic carbocycles. The Kier molecular flexibility index (Phi) is 4.15. The molecular formula is C11H20N2O3. The molecule has 1 aliphatic rings. The van der Waals surface area contributed by atoms with Crippen molar-refractivity contribution in [1.29, 1.82) is 0 Å². The van der Waals surface area contributed by atoms with Crippen molar-refractivity contribution in [3.05, 3.63) is 0 Å². The fourth-order valence-electron chi connectivity index (χ4n) is 1.72. The van der Waals surface area contributed by atoms with Crippen LogP contribution in [0.4, 0.5) is 4.79 Å². The summed E-state index contributed by atoms with van der Waals surface area (Å²) in [5.41, 5.74) is -1.00. The fraction of sp³-hybridized carbons (Fsp3) is 0.818. The van der Waals surface area contributed by atoms with E-state index < -0.39 is 11.5 Å². The number of unbranched alkanes of at least 4 members (excludes halogenated alkanes) is 1. The first kappa shape index (κ1) is 12.8. The lowest BCUT2D eigenvalue weighted by Gasteiger charge is -2.39. The molecule has 1 aliphatic carbocycles. The number of urea groups is 1. The Hall–Kier alpha value is -1.26. The van der Waals surface area contributed by atoms with Crippen molar-refractivity contribution >= 4 is 12.0 Å². The predicted molar refractivity (Wildman–Crippen MR) is 60.3 cm³/mol. The van der Waals surface area contributed by atoms with E-state index in [4.69, 9.17) is 5.11 Å². The third-order valence-electron chi connectivity index (χ3n) is 3.16. The van der Waals surface area contributed by atoms with E-state index in [9.17, 15) is 9.59 Å². The second-order valence-corrected chi connectivity index (χ2v) is 4.45. The fourth-order valence-corrected chi connectivity index (χ4v) is 1.72. The van der Waals surface area contributed by atoms with Gasteiger partial charge in [-0.05, 0) is 25.7 Å². The number of carbonyl (C=O) groups is 2. The topological polar surface area (TPSA) is 69.6 Å². The Morgan fingerprint density at radius 3 is 2.44 bits per heavy atom. The van der Waals surface area contributed by atoms with Crippen molar-refractivity contribution in [3.8, 4) is 0 Å². The molecule has 1 saturated carbocycles. The number of nitrogens with one attached hydrogen (secondary N) is 1. The minimum Gasteiger partial charge on any atom is -0.480 e. The molecule has 5 heteroatoms. The molecule has 2 amide bonds. The Bertz CT molecular complexity index is 274. The third-order valence-corrected chi connectivity index (χ3v) is 3.16. The lowest BCUT2D eigenvalue weighted by molar-refractivity contribution is -0.148. The molecule has 0 atom stereocenters. The zero-order chi connectivity index (χ0) is 12.2. The molecule has 0 heterocycles. The Morgan fingerprint density at radius 1 is 1.44 bits per heavy atom. The minimum absolute atomic E-state index is 0.282. The molecule has 1 rings (SSSR count). The molecule has 0 saturated heterocycles. The lowest BCUT2D eigenvalue weighted by Crippen LogP contribution is -2.61. The molecule has 2 N–H and O–H groups in total. The molecule has 92 valence electrons. The van der Waals surface area contributed by atoms with Gasteiger partial charge in [-0.1, -0.05) is 13.3 Å². The van der Waals surface area contributed by atoms with Gasteiger partial charge >= 0.3 is 12.0 Å². The number of amides is 2. The molecule has 0 aliphatic heterocycles. The summed E-state index contributed by atoms with van der Waals surface area (Å²) in [6.45, 7) is 2.72. The van der Waals surface area contributed by atoms with Crippen LogP contribution in [-0.4, -0.2) is 41.1 Å². The van der Waals surface area contributed by atoms with Crippen molar-refractivity contribution in [3.63, 3.8) is 0 Å². The summed E-state index contributed by atoms with van der Waals surface area (Å²) in [7, 11) is 1.69. The van der Waals surface area contributed by atoms with Gasteiger partial charge in [0.05, 0.1) is 0 Å². The summed E-state index contributed by atoms with van der Waals surface area (Å²) in [6, 6.07) is -0.282. The number of hydrogen-bond donors (Lipinski definition) is 2. The maximum absolute atomic E-state index is 11.7. The molecule has 0 unspecified atom stereocenters. The highest BCUT2D eigenvalue weighted by Crippen LogP contribution is 2.32. The second kappa shape index (κ2) is 5.18. The second-order valence-electron chi connectivity index (χ2n) is 4.45. The summed E-state index contributed by atoms with van der Waals surface area (Å²) < 4.78 is 0. The summed E-state index contributed by atoms with van der Waals surface area (Å²) in [5.74, 6) is -0.920. The third kappa shape index (κ3) is 2.65. The molecule has 16 heavy (non-hydrogen) atoms. The van der Waals surface area contributed by atoms with E-state index >= 15 is 0 Å². The highest BCUT2D eigenvalue weighted by Gasteiger charge is 2.46. The molecule has 0 bridgehead atoms. The van der Waals surface area contributed by atoms with E-state index in [2.05, 4.69) is 12.2 Å². The predicted octanol–water partition coefficient (Wildman–Crippen LogP) is 1.44. The van der Waals surface area contributed by atoms with Crippen LogP contribution in [0.15, 0.2) is 0 Å². The highest BCUT2D eigenvalue weighted by molar-refractivity contribution is 5.87. The van der Waals surface area contributed by atoms with Crippen molar-refractivity contribution in [2.24, 2.45) is 0 Å². The smallest absolute Gasteiger partial charge is 0.329 e. The number of carboxylic acids is 1. The normalized spacial score (nSPS) is 17.4. The average molecular weight is 228 g/mol. The first-order valence-corrected chi connectivity index (χ1v) is 5.78. The number of aliphatic carboxylic acids is 1. The molecule has 0 aromatic heterocycles. The lowest BCUT2D eigenvalue weighted by atomic mass is 9.77. The van der Waals surface area contributed by atoms with Gasteiger partial charge < -0.3 is 15.3 Å². The number of carboxylic acid groups (broad SMARTS) is 1. The van der Waals surface area contributed by atoms with E-state index in [0.717, 1.165) is 19.3 Å². The zero-order valence-corrected chi connectivity index (χ0v) is 9.95. The SMILES string of the molecule is CCCCN(C)C(=O)NC1(C(=O)O)CCC1. The molecule has 0 radical (unpaired) electrons. The van der Waals surface area contributed by atoms with Crippen LogP contribution >= 0.6 is 0 Å². The number of hydrogen-bond acceptors (Lipinski definition) is 2. The van der Waals surface area contributed by atoms with Crippen molar-refractivity contribution in [2.45, 2.75) is 44.6 Å². The summed E-state index contributed by atoms with van der Waals surface area (Å²) in [5, 5.41) is 11.7. The number of rotatable bonds is 5. The van der Waals surface area contributed by atoms with Crippen LogP contribution in [0.5, 0.6) is 0 Å². The maximum atomic E-state index is 11.7. The van der Waals surface area contributed by atoms with Crippen LogP contribution in [-0.2, 0) is 4.79 Å². The average Bonchev–Trinajstić information content (AvgIpc) is 2.18. The van der Waals surface area contributed by atoms with Crippen LogP contribution in [0.2, 0.25) is 0 Å². The Balaban J connectivity index is 2.46. The summed E-state index contributed by atoms with van der Waals surface area (Å²) >= 11 is 0. The van der Waals surface area contributed by atoms with Gasteiger partial charge in [0.1, 0.15) is 5.54 Å². The minimum atomic E-state index is -1.00. The van der Waals surface area contributed by atoms with E-state index in [-0.39, 0.29) is 6.03 Å². The van der Waals surface area contributed by atoms with Crippen LogP contribution in [0.3, 0.4) is 0 Å². The van der Waals surface area contributed by atoms with Crippen molar-refractivity contribution in [1.82, 2.24) is 10.2 Å². The van der Waals surface area contributed by atoms with Gasteiger partial charge in [0.25, 0.3) is 0 Å². The Labute approximate surface area is 95.8 Å². The summed E-state index contributed by atoms with van der Waals surface area (Å²) in [6.07, 6.45) is 3.89. The maximum Gasteiger partial charge on any atom is 0.329 e. The van der Waals surface area contributed by atoms with Gasteiger partial charge in [-0.25, -0.2) is 9.59 Å². The highest BCUT2D eigenvalue weighted by atomic mass is 16.4. The summed E-state index contributed by atoms with van der Waals surface area (Å²) in [4.78, 5) is 24.3. The zero-order valence-electron chi connectivity index (χ0n) is 9.95. The number of carbonyl (C=O) groups excluding carboxylic acids is 1. The van der Waals surface area contributed by atoms with Gasteiger partial charge in [-0.15, -0.1) is 0 Å². The van der Waals surface area contributed by atoms with E-state index in [0.29, 0.717) is 19.4 Å². The Morgan fingerprint density at radius 2 is 2.06 bits per heavy atom. The molecule has 0 aromatic rings. The number of nitrogens with zero attached hydrogens (tertiary/aromatic N) is 1. The largest absolute Gasteiger partial charge is 0.480 e. The van der Waals surface area contributed by atoms with Gasteiger partial charge in [-0.3, -0.25) is 0 Å². The molecule has 0 spiro atoms. The molecule has 5 nitrogen and oxygen atoms in total. The van der Waals surface area contributed by atoms with Gasteiger partial charge in [-0.2, -0.15) is 0 Å². The molecule has 1 fully saturated rings. The van der Waals surface area contributed by atoms with Crippen LogP contribution < -0.4 is 5.32 Å². The van der Waals surface area contributed by atoms with E-state index in [1.54, 1.807) is 11.9 Å². The van der Waals surface area contributed by atoms with Crippen molar-refractivity contribution < 1.29 is 14.7 Å². The first-order valence-electron chi connectivity index (χ1n) is 5.78. The van der Waals surface area contributed by atoms with Gasteiger partial charge in [0.15, 0.2) is 0 Å². The van der Waals surface area contributed by atoms with E-state index in [1.807, 2.05) is 0 Å². The van der Waals surface area contributed by atoms with Crippen molar-refractivity contribution in [2.75, 3.05) is 13.6 Å². The molecular weight excluding hydrogens is 208 g/mol. The monoisotopic (exact) mass is 228 g/mol. The standard InChI is InChI=1S/C11H20N2O3/c1-3-4-8-13(2)10(16)12-11(9(14)15)6-5-7-11/h3-8H2,1-2H3,(H,12,16)(H,14,15). The van der Waals surface area contributed by atoms with Crippen LogP contribution in [0.25, 0.3) is 0 Å².